The van der Waals surface area contributed by atoms with E-state index in [1.54, 1.807) is 19.5 Å². The molecule has 1 aliphatic rings. The molecule has 0 bridgehead atoms. The smallest absolute Gasteiger partial charge is 0.179 e. The van der Waals surface area contributed by atoms with Crippen molar-refractivity contribution in [3.8, 4) is 0 Å². The van der Waals surface area contributed by atoms with Crippen LogP contribution in [0.2, 0.25) is 0 Å². The molecule has 1 aliphatic heterocycles. The molecule has 4 heterocycles. The first-order valence-electron chi connectivity index (χ1n) is 8.08. The van der Waals surface area contributed by atoms with Crippen molar-refractivity contribution in [3.63, 3.8) is 0 Å². The average Bonchev–Trinajstić information content (AvgIpc) is 3.20. The maximum Gasteiger partial charge on any atom is 0.179 e. The van der Waals surface area contributed by atoms with E-state index in [9.17, 15) is 0 Å². The zero-order valence-electron chi connectivity index (χ0n) is 13.8. The van der Waals surface area contributed by atoms with Gasteiger partial charge in [-0.2, -0.15) is 0 Å². The van der Waals surface area contributed by atoms with Crippen molar-refractivity contribution in [2.45, 2.75) is 32.0 Å². The highest BCUT2D eigenvalue weighted by atomic mass is 16.5. The summed E-state index contributed by atoms with van der Waals surface area (Å²) in [7, 11) is 1.77. The number of rotatable bonds is 4. The fraction of sp³-hybridized carbons (Fsp3) is 0.412. The van der Waals surface area contributed by atoms with E-state index in [0.717, 1.165) is 36.7 Å². The molecule has 3 aromatic rings. The van der Waals surface area contributed by atoms with Crippen LogP contribution in [0.1, 0.15) is 29.5 Å². The molecular formula is C17H20N6O. The summed E-state index contributed by atoms with van der Waals surface area (Å²) < 4.78 is 7.64. The van der Waals surface area contributed by atoms with Gasteiger partial charge in [0, 0.05) is 44.5 Å². The van der Waals surface area contributed by atoms with E-state index in [1.165, 1.54) is 5.56 Å². The largest absolute Gasteiger partial charge is 0.380 e. The van der Waals surface area contributed by atoms with Crippen molar-refractivity contribution >= 4 is 5.65 Å². The Morgan fingerprint density at radius 2 is 2.21 bits per heavy atom. The van der Waals surface area contributed by atoms with Gasteiger partial charge in [-0.15, -0.1) is 10.2 Å². The van der Waals surface area contributed by atoms with Gasteiger partial charge < -0.3 is 4.74 Å². The molecule has 24 heavy (non-hydrogen) atoms. The van der Waals surface area contributed by atoms with E-state index in [0.29, 0.717) is 0 Å². The predicted octanol–water partition coefficient (Wildman–Crippen LogP) is 1.79. The Hall–Kier alpha value is -2.38. The minimum Gasteiger partial charge on any atom is -0.380 e. The van der Waals surface area contributed by atoms with Gasteiger partial charge in [0.1, 0.15) is 0 Å². The maximum absolute atomic E-state index is 5.62. The number of hydrogen-bond acceptors (Lipinski definition) is 6. The Labute approximate surface area is 140 Å². The molecular weight excluding hydrogens is 304 g/mol. The molecule has 0 aliphatic carbocycles. The Balaban J connectivity index is 1.68. The van der Waals surface area contributed by atoms with Crippen LogP contribution in [0.25, 0.3) is 5.65 Å². The van der Waals surface area contributed by atoms with Crippen LogP contribution in [0.4, 0.5) is 0 Å². The van der Waals surface area contributed by atoms with Crippen LogP contribution in [0.15, 0.2) is 36.9 Å². The standard InChI is InChI=1S/C17H20N6O/c1-12-13(4-3-5-19-12)10-22-11-14(24-2)8-15(22)17-21-20-16-9-18-6-7-23(16)17/h3-7,9,14-15H,8,10-11H2,1-2H3/t14-,15+/m1/s1. The van der Waals surface area contributed by atoms with Crippen molar-refractivity contribution in [3.05, 3.63) is 54.0 Å². The lowest BCUT2D eigenvalue weighted by atomic mass is 10.1. The summed E-state index contributed by atoms with van der Waals surface area (Å²) in [5.41, 5.74) is 3.06. The predicted molar refractivity (Wildman–Crippen MR) is 88.3 cm³/mol. The van der Waals surface area contributed by atoms with Crippen LogP contribution < -0.4 is 0 Å². The Kier molecular flexibility index (Phi) is 3.95. The second kappa shape index (κ2) is 6.26. The molecule has 0 N–H and O–H groups in total. The minimum absolute atomic E-state index is 0.159. The second-order valence-corrected chi connectivity index (χ2v) is 6.15. The highest BCUT2D eigenvalue weighted by molar-refractivity contribution is 5.34. The quantitative estimate of drug-likeness (QED) is 0.729. The van der Waals surface area contributed by atoms with Crippen molar-refractivity contribution in [2.75, 3.05) is 13.7 Å². The lowest BCUT2D eigenvalue weighted by molar-refractivity contribution is 0.107. The Bertz CT molecular complexity index is 848. The van der Waals surface area contributed by atoms with Gasteiger partial charge in [-0.25, -0.2) is 0 Å². The lowest BCUT2D eigenvalue weighted by Gasteiger charge is -2.23. The SMILES string of the molecule is CO[C@@H]1C[C@@H](c2nnc3cnccn23)N(Cc2cccnc2C)C1. The van der Waals surface area contributed by atoms with Crippen LogP contribution in [-0.4, -0.2) is 49.2 Å². The van der Waals surface area contributed by atoms with E-state index in [4.69, 9.17) is 4.74 Å². The van der Waals surface area contributed by atoms with Gasteiger partial charge >= 0.3 is 0 Å². The van der Waals surface area contributed by atoms with Crippen LogP contribution in [0.5, 0.6) is 0 Å². The zero-order valence-corrected chi connectivity index (χ0v) is 13.8. The number of nitrogens with zero attached hydrogens (tertiary/aromatic N) is 6. The molecule has 2 atom stereocenters. The molecule has 0 amide bonds. The van der Waals surface area contributed by atoms with Crippen molar-refractivity contribution < 1.29 is 4.74 Å². The summed E-state index contributed by atoms with van der Waals surface area (Å²) in [5, 5.41) is 8.66. The zero-order chi connectivity index (χ0) is 16.5. The molecule has 7 heteroatoms. The van der Waals surface area contributed by atoms with Gasteiger partial charge in [0.15, 0.2) is 11.5 Å². The second-order valence-electron chi connectivity index (χ2n) is 6.15. The fourth-order valence-electron chi connectivity index (χ4n) is 3.38. The van der Waals surface area contributed by atoms with Gasteiger partial charge in [0.25, 0.3) is 0 Å². The minimum atomic E-state index is 0.159. The number of fused-ring (bicyclic) bond motifs is 1. The van der Waals surface area contributed by atoms with Crippen molar-refractivity contribution in [1.29, 1.82) is 0 Å². The van der Waals surface area contributed by atoms with Crippen LogP contribution in [0.3, 0.4) is 0 Å². The first-order chi connectivity index (χ1) is 11.8. The molecule has 0 saturated carbocycles. The molecule has 1 saturated heterocycles. The summed E-state index contributed by atoms with van der Waals surface area (Å²) in [6.45, 7) is 3.74. The molecule has 124 valence electrons. The number of aromatic nitrogens is 5. The number of likely N-dealkylation sites (tertiary alicyclic amines) is 1. The Morgan fingerprint density at radius 1 is 1.29 bits per heavy atom. The van der Waals surface area contributed by atoms with E-state index in [1.807, 2.05) is 29.8 Å². The number of hydrogen-bond donors (Lipinski definition) is 0. The number of aryl methyl sites for hydroxylation is 1. The van der Waals surface area contributed by atoms with Gasteiger partial charge in [0.2, 0.25) is 0 Å². The third-order valence-electron chi connectivity index (χ3n) is 4.73. The molecule has 0 radical (unpaired) electrons. The summed E-state index contributed by atoms with van der Waals surface area (Å²) in [4.78, 5) is 10.9. The Morgan fingerprint density at radius 3 is 3.04 bits per heavy atom. The highest BCUT2D eigenvalue weighted by Crippen LogP contribution is 2.33. The van der Waals surface area contributed by atoms with Crippen LogP contribution in [-0.2, 0) is 11.3 Å². The normalized spacial score (nSPS) is 21.6. The fourth-order valence-corrected chi connectivity index (χ4v) is 3.38. The molecule has 4 rings (SSSR count). The number of pyridine rings is 1. The summed E-state index contributed by atoms with van der Waals surface area (Å²) in [6.07, 6.45) is 8.34. The lowest BCUT2D eigenvalue weighted by Crippen LogP contribution is -2.26. The molecule has 0 unspecified atom stereocenters. The summed E-state index contributed by atoms with van der Waals surface area (Å²) >= 11 is 0. The monoisotopic (exact) mass is 324 g/mol. The van der Waals surface area contributed by atoms with Crippen molar-refractivity contribution in [1.82, 2.24) is 29.5 Å². The van der Waals surface area contributed by atoms with E-state index in [2.05, 4.69) is 31.1 Å². The summed E-state index contributed by atoms with van der Waals surface area (Å²) in [5.74, 6) is 0.938. The van der Waals surface area contributed by atoms with E-state index < -0.39 is 0 Å². The highest BCUT2D eigenvalue weighted by Gasteiger charge is 2.36. The molecule has 0 aromatic carbocycles. The topological polar surface area (TPSA) is 68.4 Å². The molecule has 0 spiro atoms. The molecule has 3 aromatic heterocycles. The van der Waals surface area contributed by atoms with Gasteiger partial charge in [-0.3, -0.25) is 19.3 Å². The third kappa shape index (κ3) is 2.65. The molecule has 1 fully saturated rings. The maximum atomic E-state index is 5.62. The van der Waals surface area contributed by atoms with Gasteiger partial charge in [-0.1, -0.05) is 6.07 Å². The number of ether oxygens (including phenoxy) is 1. The number of methoxy groups -OCH3 is 1. The summed E-state index contributed by atoms with van der Waals surface area (Å²) in [6, 6.07) is 4.28. The van der Waals surface area contributed by atoms with Gasteiger partial charge in [0.05, 0.1) is 18.3 Å². The van der Waals surface area contributed by atoms with Crippen LogP contribution >= 0.6 is 0 Å². The third-order valence-corrected chi connectivity index (χ3v) is 4.73. The van der Waals surface area contributed by atoms with Crippen molar-refractivity contribution in [2.24, 2.45) is 0 Å². The first kappa shape index (κ1) is 15.2. The average molecular weight is 324 g/mol. The van der Waals surface area contributed by atoms with E-state index in [-0.39, 0.29) is 12.1 Å². The van der Waals surface area contributed by atoms with Gasteiger partial charge in [-0.05, 0) is 25.0 Å². The molecule has 7 nitrogen and oxygen atoms in total. The first-order valence-corrected chi connectivity index (χ1v) is 8.08. The van der Waals surface area contributed by atoms with E-state index >= 15 is 0 Å². The van der Waals surface area contributed by atoms with Crippen LogP contribution in [0, 0.1) is 6.92 Å².